The minimum atomic E-state index is -1.06. The molecule has 1 aromatic rings. The van der Waals surface area contributed by atoms with Gasteiger partial charge in [-0.3, -0.25) is 14.6 Å². The second kappa shape index (κ2) is 11.7. The lowest BCUT2D eigenvalue weighted by Gasteiger charge is -2.36. The lowest BCUT2D eigenvalue weighted by Crippen LogP contribution is -2.49. The first-order valence-corrected chi connectivity index (χ1v) is 11.2. The van der Waals surface area contributed by atoms with Crippen molar-refractivity contribution in [2.24, 2.45) is 11.8 Å². The molecule has 2 rings (SSSR count). The van der Waals surface area contributed by atoms with Gasteiger partial charge in [-0.2, -0.15) is 0 Å². The summed E-state index contributed by atoms with van der Waals surface area (Å²) in [6.07, 6.45) is 6.41. The molecule has 0 radical (unpaired) electrons. The molecule has 29 heavy (non-hydrogen) atoms. The summed E-state index contributed by atoms with van der Waals surface area (Å²) in [6, 6.07) is 3.73. The Hall–Kier alpha value is -1.44. The second-order valence-electron chi connectivity index (χ2n) is 7.77. The fraction of sp³-hybridized carbons (Fsp3) is 0.682. The summed E-state index contributed by atoms with van der Waals surface area (Å²) in [5, 5.41) is 0.0705. The first-order chi connectivity index (χ1) is 13.9. The van der Waals surface area contributed by atoms with Gasteiger partial charge in [-0.15, -0.1) is 0 Å². The van der Waals surface area contributed by atoms with Crippen molar-refractivity contribution in [1.82, 2.24) is 4.98 Å². The van der Waals surface area contributed by atoms with Crippen LogP contribution < -0.4 is 4.74 Å². The number of aromatic nitrogens is 1. The van der Waals surface area contributed by atoms with Gasteiger partial charge >= 0.3 is 0 Å². The summed E-state index contributed by atoms with van der Waals surface area (Å²) >= 11 is 1.26. The molecule has 1 aliphatic carbocycles. The van der Waals surface area contributed by atoms with Gasteiger partial charge < -0.3 is 14.2 Å². The summed E-state index contributed by atoms with van der Waals surface area (Å²) in [5.74, 6) is 2.04. The molecule has 0 amide bonds. The van der Waals surface area contributed by atoms with Crippen LogP contribution >= 0.6 is 11.8 Å². The van der Waals surface area contributed by atoms with Crippen LogP contribution in [0.3, 0.4) is 0 Å². The molecular formula is C22H33NO5S. The molecular weight excluding hydrogens is 390 g/mol. The van der Waals surface area contributed by atoms with Gasteiger partial charge in [-0.05, 0) is 37.7 Å². The lowest BCUT2D eigenvalue weighted by atomic mass is 9.79. The Morgan fingerprint density at radius 2 is 2.10 bits per heavy atom. The Morgan fingerprint density at radius 3 is 2.72 bits per heavy atom. The maximum atomic E-state index is 12.7. The highest BCUT2D eigenvalue weighted by Crippen LogP contribution is 2.33. The number of pyridine rings is 1. The zero-order valence-corrected chi connectivity index (χ0v) is 18.8. The van der Waals surface area contributed by atoms with Gasteiger partial charge in [0.25, 0.3) is 0 Å². The zero-order valence-electron chi connectivity index (χ0n) is 17.9. The monoisotopic (exact) mass is 423 g/mol. The molecule has 0 N–H and O–H groups in total. The predicted octanol–water partition coefficient (Wildman–Crippen LogP) is 4.06. The average Bonchev–Trinajstić information content (AvgIpc) is 3.49. The fourth-order valence-electron chi connectivity index (χ4n) is 3.38. The Balaban J connectivity index is 2.12. The number of methoxy groups -OCH3 is 1. The van der Waals surface area contributed by atoms with Crippen molar-refractivity contribution >= 4 is 22.7 Å². The van der Waals surface area contributed by atoms with Crippen LogP contribution in [0.15, 0.2) is 18.3 Å². The van der Waals surface area contributed by atoms with Crippen molar-refractivity contribution in [2.45, 2.75) is 58.5 Å². The number of thioether (sulfide) groups is 1. The van der Waals surface area contributed by atoms with Crippen molar-refractivity contribution < 1.29 is 23.8 Å². The summed E-state index contributed by atoms with van der Waals surface area (Å²) in [6.45, 7) is 5.79. The van der Waals surface area contributed by atoms with E-state index >= 15 is 0 Å². The van der Waals surface area contributed by atoms with Crippen LogP contribution in [0.4, 0.5) is 0 Å². The summed E-state index contributed by atoms with van der Waals surface area (Å²) in [5.41, 5.74) is -0.321. The van der Waals surface area contributed by atoms with Crippen LogP contribution in [-0.2, 0) is 25.5 Å². The molecule has 162 valence electrons. The molecule has 0 bridgehead atoms. The third kappa shape index (κ3) is 7.72. The number of hydrogen-bond acceptors (Lipinski definition) is 7. The van der Waals surface area contributed by atoms with Crippen LogP contribution in [0.25, 0.3) is 0 Å². The molecule has 6 nitrogen and oxygen atoms in total. The van der Waals surface area contributed by atoms with Crippen LogP contribution in [0, 0.1) is 11.8 Å². The molecule has 7 heteroatoms. The molecule has 1 aliphatic rings. The molecule has 1 aromatic heterocycles. The number of nitrogens with zero attached hydrogens (tertiary/aromatic N) is 1. The highest BCUT2D eigenvalue weighted by Gasteiger charge is 2.42. The molecule has 2 atom stereocenters. The van der Waals surface area contributed by atoms with Crippen molar-refractivity contribution in [3.63, 3.8) is 0 Å². The fourth-order valence-corrected chi connectivity index (χ4v) is 4.14. The molecule has 2 unspecified atom stereocenters. The van der Waals surface area contributed by atoms with Gasteiger partial charge in [-0.25, -0.2) is 0 Å². The Bertz CT molecular complexity index is 679. The van der Waals surface area contributed by atoms with Crippen LogP contribution in [0.2, 0.25) is 0 Å². The Kier molecular flexibility index (Phi) is 9.59. The van der Waals surface area contributed by atoms with E-state index in [0.717, 1.165) is 23.8 Å². The number of rotatable bonds is 14. The molecule has 1 heterocycles. The van der Waals surface area contributed by atoms with Crippen LogP contribution in [0.1, 0.15) is 52.1 Å². The van der Waals surface area contributed by atoms with Gasteiger partial charge in [0.15, 0.2) is 10.9 Å². The predicted molar refractivity (Wildman–Crippen MR) is 114 cm³/mol. The van der Waals surface area contributed by atoms with E-state index in [1.807, 2.05) is 19.1 Å². The largest absolute Gasteiger partial charge is 0.493 e. The smallest absolute Gasteiger partial charge is 0.185 e. The highest BCUT2D eigenvalue weighted by molar-refractivity contribution is 8.13. The first-order valence-electron chi connectivity index (χ1n) is 10.2. The van der Waals surface area contributed by atoms with Gasteiger partial charge in [0.1, 0.15) is 18.1 Å². The van der Waals surface area contributed by atoms with Crippen molar-refractivity contribution in [3.05, 3.63) is 24.0 Å². The summed E-state index contributed by atoms with van der Waals surface area (Å²) in [7, 11) is 1.54. The molecule has 1 fully saturated rings. The van der Waals surface area contributed by atoms with E-state index < -0.39 is 5.60 Å². The molecule has 0 saturated heterocycles. The molecule has 0 aromatic carbocycles. The van der Waals surface area contributed by atoms with E-state index in [9.17, 15) is 9.59 Å². The second-order valence-corrected chi connectivity index (χ2v) is 9.04. The van der Waals surface area contributed by atoms with Crippen LogP contribution in [0.5, 0.6) is 5.75 Å². The summed E-state index contributed by atoms with van der Waals surface area (Å²) in [4.78, 5) is 28.5. The van der Waals surface area contributed by atoms with E-state index in [1.165, 1.54) is 31.7 Å². The molecule has 1 saturated carbocycles. The Labute approximate surface area is 178 Å². The number of Topliss-reactive ketones (excluding diaryl/α,β-unsaturated/α-hetero) is 1. The lowest BCUT2D eigenvalue weighted by molar-refractivity contribution is -0.173. The van der Waals surface area contributed by atoms with E-state index in [4.69, 9.17) is 14.2 Å². The molecule has 0 spiro atoms. The van der Waals surface area contributed by atoms with E-state index in [2.05, 4.69) is 4.98 Å². The van der Waals surface area contributed by atoms with E-state index in [1.54, 1.807) is 20.0 Å². The third-order valence-corrected chi connectivity index (χ3v) is 6.25. The van der Waals surface area contributed by atoms with Crippen molar-refractivity contribution in [2.75, 3.05) is 26.3 Å². The quantitative estimate of drug-likeness (QED) is 0.418. The topological polar surface area (TPSA) is 74.7 Å². The Morgan fingerprint density at radius 1 is 1.34 bits per heavy atom. The van der Waals surface area contributed by atoms with Gasteiger partial charge in [-0.1, -0.05) is 31.5 Å². The van der Waals surface area contributed by atoms with E-state index in [0.29, 0.717) is 25.2 Å². The average molecular weight is 424 g/mol. The highest BCUT2D eigenvalue weighted by atomic mass is 32.2. The molecule has 0 aliphatic heterocycles. The summed E-state index contributed by atoms with van der Waals surface area (Å²) < 4.78 is 17.0. The van der Waals surface area contributed by atoms with Crippen molar-refractivity contribution in [1.29, 1.82) is 0 Å². The normalized spacial score (nSPS) is 16.8. The standard InChI is InChI=1S/C22H33NO5S/c1-16(9-12-29-18(3)25)22(17(2)24,28-15-26-4)14-20-13-21(7-10-23-20)27-11-8-19-5-6-19/h7,10,13,16,19H,5-6,8-9,11-12,14-15H2,1-4H3. The van der Waals surface area contributed by atoms with Gasteiger partial charge in [0, 0.05) is 44.2 Å². The maximum Gasteiger partial charge on any atom is 0.185 e. The SMILES string of the molecule is COCOC(Cc1cc(OCCC2CC2)ccn1)(C(C)=O)C(C)CCSC(C)=O. The third-order valence-electron chi connectivity index (χ3n) is 5.41. The zero-order chi connectivity index (χ0) is 21.3. The van der Waals surface area contributed by atoms with Gasteiger partial charge in [0.05, 0.1) is 6.61 Å². The van der Waals surface area contributed by atoms with E-state index in [-0.39, 0.29) is 23.6 Å². The first kappa shape index (κ1) is 23.8. The minimum Gasteiger partial charge on any atom is -0.493 e. The number of carbonyl (C=O) groups excluding carboxylic acids is 2. The number of ketones is 1. The number of hydrogen-bond donors (Lipinski definition) is 0. The number of ether oxygens (including phenoxy) is 3. The van der Waals surface area contributed by atoms with Crippen LogP contribution in [-0.4, -0.2) is 47.7 Å². The number of carbonyl (C=O) groups is 2. The van der Waals surface area contributed by atoms with Gasteiger partial charge in [0.2, 0.25) is 0 Å². The van der Waals surface area contributed by atoms with Crippen molar-refractivity contribution in [3.8, 4) is 5.75 Å². The minimum absolute atomic E-state index is 0.0152. The maximum absolute atomic E-state index is 12.7.